The molecule has 3 aromatic rings. The SMILES string of the molecule is Cc1csc(CNC(=O)c2ccsc2NC(=O)c2ccc(C(C)C)cc2)n1. The van der Waals surface area contributed by atoms with Crippen LogP contribution in [0.3, 0.4) is 0 Å². The highest BCUT2D eigenvalue weighted by atomic mass is 32.1. The van der Waals surface area contributed by atoms with E-state index in [1.807, 2.05) is 36.6 Å². The molecule has 0 saturated heterocycles. The van der Waals surface area contributed by atoms with E-state index in [1.54, 1.807) is 11.4 Å². The van der Waals surface area contributed by atoms with Gasteiger partial charge in [-0.1, -0.05) is 26.0 Å². The summed E-state index contributed by atoms with van der Waals surface area (Å²) in [5.41, 5.74) is 3.15. The molecule has 2 N–H and O–H groups in total. The zero-order valence-corrected chi connectivity index (χ0v) is 17.0. The molecular weight excluding hydrogens is 378 g/mol. The Morgan fingerprint density at radius 3 is 2.44 bits per heavy atom. The van der Waals surface area contributed by atoms with Gasteiger partial charge in [0, 0.05) is 16.6 Å². The Morgan fingerprint density at radius 2 is 1.81 bits per heavy atom. The topological polar surface area (TPSA) is 71.1 Å². The standard InChI is InChI=1S/C20H21N3O2S2/c1-12(2)14-4-6-15(7-5-14)18(24)23-20-16(8-9-26-20)19(25)21-10-17-22-13(3)11-27-17/h4-9,11-12H,10H2,1-3H3,(H,21,25)(H,23,24). The number of hydrogen-bond donors (Lipinski definition) is 2. The number of anilines is 1. The van der Waals surface area contributed by atoms with E-state index >= 15 is 0 Å². The first-order chi connectivity index (χ1) is 12.9. The summed E-state index contributed by atoms with van der Waals surface area (Å²) >= 11 is 2.84. The molecule has 0 aliphatic rings. The number of carbonyl (C=O) groups excluding carboxylic acids is 2. The summed E-state index contributed by atoms with van der Waals surface area (Å²) in [5.74, 6) is -0.0387. The number of amides is 2. The first-order valence-corrected chi connectivity index (χ1v) is 10.4. The van der Waals surface area contributed by atoms with Gasteiger partial charge in [-0.3, -0.25) is 9.59 Å². The lowest BCUT2D eigenvalue weighted by molar-refractivity contribution is 0.0952. The molecule has 0 radical (unpaired) electrons. The molecule has 0 spiro atoms. The fourth-order valence-electron chi connectivity index (χ4n) is 2.51. The molecule has 0 atom stereocenters. The van der Waals surface area contributed by atoms with Crippen LogP contribution >= 0.6 is 22.7 Å². The molecule has 0 bridgehead atoms. The molecular formula is C20H21N3O2S2. The maximum absolute atomic E-state index is 12.5. The van der Waals surface area contributed by atoms with E-state index in [0.29, 0.717) is 28.6 Å². The molecule has 5 nitrogen and oxygen atoms in total. The molecule has 2 amide bonds. The predicted octanol–water partition coefficient (Wildman–Crippen LogP) is 4.82. The average molecular weight is 400 g/mol. The molecule has 0 aliphatic heterocycles. The molecule has 0 saturated carbocycles. The van der Waals surface area contributed by atoms with Crippen molar-refractivity contribution in [2.75, 3.05) is 5.32 Å². The minimum absolute atomic E-state index is 0.225. The zero-order valence-electron chi connectivity index (χ0n) is 15.4. The van der Waals surface area contributed by atoms with Crippen molar-refractivity contribution in [1.82, 2.24) is 10.3 Å². The van der Waals surface area contributed by atoms with Gasteiger partial charge in [0.1, 0.15) is 10.0 Å². The van der Waals surface area contributed by atoms with Gasteiger partial charge >= 0.3 is 0 Å². The van der Waals surface area contributed by atoms with Gasteiger partial charge in [0.25, 0.3) is 11.8 Å². The van der Waals surface area contributed by atoms with Crippen LogP contribution in [0.5, 0.6) is 0 Å². The maximum Gasteiger partial charge on any atom is 0.256 e. The van der Waals surface area contributed by atoms with Crippen molar-refractivity contribution in [1.29, 1.82) is 0 Å². The zero-order chi connectivity index (χ0) is 19.4. The molecule has 0 aliphatic carbocycles. The van der Waals surface area contributed by atoms with Gasteiger partial charge in [-0.2, -0.15) is 0 Å². The number of benzene rings is 1. The van der Waals surface area contributed by atoms with Crippen molar-refractivity contribution in [2.24, 2.45) is 0 Å². The third-order valence-electron chi connectivity index (χ3n) is 4.04. The van der Waals surface area contributed by atoms with Gasteiger partial charge in [-0.05, 0) is 42.0 Å². The van der Waals surface area contributed by atoms with E-state index in [1.165, 1.54) is 28.2 Å². The highest BCUT2D eigenvalue weighted by Crippen LogP contribution is 2.24. The molecule has 27 heavy (non-hydrogen) atoms. The van der Waals surface area contributed by atoms with E-state index in [4.69, 9.17) is 0 Å². The van der Waals surface area contributed by atoms with E-state index in [9.17, 15) is 9.59 Å². The van der Waals surface area contributed by atoms with Gasteiger partial charge in [0.15, 0.2) is 0 Å². The largest absolute Gasteiger partial charge is 0.345 e. The number of aromatic nitrogens is 1. The second-order valence-electron chi connectivity index (χ2n) is 6.46. The summed E-state index contributed by atoms with van der Waals surface area (Å²) in [7, 11) is 0. The fraction of sp³-hybridized carbons (Fsp3) is 0.250. The number of thiazole rings is 1. The number of thiophene rings is 1. The third-order valence-corrected chi connectivity index (χ3v) is 5.84. The Hall–Kier alpha value is -2.51. The van der Waals surface area contributed by atoms with Crippen LogP contribution in [0.15, 0.2) is 41.1 Å². The number of rotatable bonds is 6. The van der Waals surface area contributed by atoms with E-state index in [0.717, 1.165) is 10.7 Å². The van der Waals surface area contributed by atoms with Crippen LogP contribution < -0.4 is 10.6 Å². The minimum Gasteiger partial charge on any atom is -0.345 e. The van der Waals surface area contributed by atoms with Crippen LogP contribution in [0, 0.1) is 6.92 Å². The Kier molecular flexibility index (Phi) is 6.03. The predicted molar refractivity (Wildman–Crippen MR) is 111 cm³/mol. The first kappa shape index (κ1) is 19.3. The van der Waals surface area contributed by atoms with Gasteiger partial charge in [0.2, 0.25) is 0 Å². The lowest BCUT2D eigenvalue weighted by Gasteiger charge is -2.09. The molecule has 7 heteroatoms. The van der Waals surface area contributed by atoms with Crippen molar-refractivity contribution >= 4 is 39.5 Å². The average Bonchev–Trinajstić information content (AvgIpc) is 3.28. The molecule has 1 aromatic carbocycles. The van der Waals surface area contributed by atoms with Crippen LogP contribution in [0.2, 0.25) is 0 Å². The Bertz CT molecular complexity index is 942. The van der Waals surface area contributed by atoms with E-state index in [2.05, 4.69) is 29.5 Å². The molecule has 2 aromatic heterocycles. The lowest BCUT2D eigenvalue weighted by atomic mass is 10.0. The van der Waals surface area contributed by atoms with Gasteiger partial charge in [-0.25, -0.2) is 4.98 Å². The van der Waals surface area contributed by atoms with Crippen molar-refractivity contribution in [3.63, 3.8) is 0 Å². The summed E-state index contributed by atoms with van der Waals surface area (Å²) in [6.45, 7) is 6.51. The van der Waals surface area contributed by atoms with Crippen molar-refractivity contribution in [2.45, 2.75) is 33.2 Å². The van der Waals surface area contributed by atoms with Crippen LogP contribution in [0.1, 0.15) is 56.7 Å². The molecule has 2 heterocycles. The molecule has 3 rings (SSSR count). The van der Waals surface area contributed by atoms with Gasteiger partial charge < -0.3 is 10.6 Å². The van der Waals surface area contributed by atoms with Crippen LogP contribution in [0.25, 0.3) is 0 Å². The summed E-state index contributed by atoms with van der Waals surface area (Å²) in [6.07, 6.45) is 0. The second kappa shape index (κ2) is 8.45. The number of aryl methyl sites for hydroxylation is 1. The van der Waals surface area contributed by atoms with Gasteiger partial charge in [0.05, 0.1) is 12.1 Å². The highest BCUT2D eigenvalue weighted by Gasteiger charge is 2.16. The number of nitrogens with zero attached hydrogens (tertiary/aromatic N) is 1. The Morgan fingerprint density at radius 1 is 1.07 bits per heavy atom. The quantitative estimate of drug-likeness (QED) is 0.624. The van der Waals surface area contributed by atoms with Crippen molar-refractivity contribution in [3.05, 3.63) is 68.5 Å². The fourth-order valence-corrected chi connectivity index (χ4v) is 4.01. The molecule has 140 valence electrons. The van der Waals surface area contributed by atoms with Crippen molar-refractivity contribution in [3.8, 4) is 0 Å². The summed E-state index contributed by atoms with van der Waals surface area (Å²) < 4.78 is 0. The second-order valence-corrected chi connectivity index (χ2v) is 8.32. The number of hydrogen-bond acceptors (Lipinski definition) is 5. The summed E-state index contributed by atoms with van der Waals surface area (Å²) in [6, 6.07) is 9.24. The summed E-state index contributed by atoms with van der Waals surface area (Å²) in [5, 5.41) is 10.8. The Labute approximate surface area is 166 Å². The Balaban J connectivity index is 1.65. The van der Waals surface area contributed by atoms with E-state index in [-0.39, 0.29) is 11.8 Å². The van der Waals surface area contributed by atoms with Crippen molar-refractivity contribution < 1.29 is 9.59 Å². The molecule has 0 fully saturated rings. The monoisotopic (exact) mass is 399 g/mol. The van der Waals surface area contributed by atoms with Crippen LogP contribution in [-0.2, 0) is 6.54 Å². The number of carbonyl (C=O) groups is 2. The van der Waals surface area contributed by atoms with Crippen LogP contribution in [0.4, 0.5) is 5.00 Å². The minimum atomic E-state index is -0.227. The lowest BCUT2D eigenvalue weighted by Crippen LogP contribution is -2.24. The third kappa shape index (κ3) is 4.81. The normalized spacial score (nSPS) is 10.8. The smallest absolute Gasteiger partial charge is 0.256 e. The van der Waals surface area contributed by atoms with E-state index < -0.39 is 0 Å². The summed E-state index contributed by atoms with van der Waals surface area (Å²) in [4.78, 5) is 29.3. The highest BCUT2D eigenvalue weighted by molar-refractivity contribution is 7.14. The molecule has 0 unspecified atom stereocenters. The first-order valence-electron chi connectivity index (χ1n) is 8.62. The maximum atomic E-state index is 12.5. The van der Waals surface area contributed by atoms with Crippen LogP contribution in [-0.4, -0.2) is 16.8 Å². The van der Waals surface area contributed by atoms with Gasteiger partial charge in [-0.15, -0.1) is 22.7 Å². The number of nitrogens with one attached hydrogen (secondary N) is 2.